The van der Waals surface area contributed by atoms with Crippen molar-refractivity contribution in [3.8, 4) is 16.9 Å². The zero-order valence-electron chi connectivity index (χ0n) is 10.2. The molecule has 0 saturated heterocycles. The van der Waals surface area contributed by atoms with Gasteiger partial charge in [-0.3, -0.25) is 4.79 Å². The maximum Gasteiger partial charge on any atom is 0.258 e. The molecule has 0 aliphatic rings. The first-order valence-corrected chi connectivity index (χ1v) is 5.79. The first kappa shape index (κ1) is 12.2. The van der Waals surface area contributed by atoms with E-state index in [1.165, 1.54) is 0 Å². The highest BCUT2D eigenvalue weighted by Gasteiger charge is 2.13. The highest BCUT2D eigenvalue weighted by molar-refractivity contribution is 5.79. The van der Waals surface area contributed by atoms with Gasteiger partial charge in [0.1, 0.15) is 5.75 Å². The average molecular weight is 241 g/mol. The SMILES string of the molecule is C[C@@H](Oc1ccccc1-c1ccccc1)C(N)=O. The fraction of sp³-hybridized carbons (Fsp3) is 0.133. The second-order valence-corrected chi connectivity index (χ2v) is 4.02. The topological polar surface area (TPSA) is 52.3 Å². The smallest absolute Gasteiger partial charge is 0.258 e. The summed E-state index contributed by atoms with van der Waals surface area (Å²) in [5.74, 6) is 0.188. The zero-order chi connectivity index (χ0) is 13.0. The Labute approximate surface area is 106 Å². The molecular formula is C15H15NO2. The van der Waals surface area contributed by atoms with Gasteiger partial charge in [0.2, 0.25) is 0 Å². The Bertz CT molecular complexity index is 537. The third kappa shape index (κ3) is 2.69. The lowest BCUT2D eigenvalue weighted by Gasteiger charge is -2.15. The summed E-state index contributed by atoms with van der Waals surface area (Å²) in [4.78, 5) is 11.0. The van der Waals surface area contributed by atoms with Crippen LogP contribution in [0.1, 0.15) is 6.92 Å². The predicted molar refractivity (Wildman–Crippen MR) is 71.2 cm³/mol. The molecule has 2 rings (SSSR count). The van der Waals surface area contributed by atoms with E-state index < -0.39 is 12.0 Å². The Morgan fingerprint density at radius 1 is 1.06 bits per heavy atom. The minimum Gasteiger partial charge on any atom is -0.480 e. The minimum atomic E-state index is -0.644. The molecule has 0 bridgehead atoms. The number of carbonyl (C=O) groups is 1. The molecule has 0 aliphatic heterocycles. The number of hydrogen-bond acceptors (Lipinski definition) is 2. The van der Waals surface area contributed by atoms with E-state index >= 15 is 0 Å². The molecule has 1 amide bonds. The van der Waals surface area contributed by atoms with Crippen LogP contribution in [0.2, 0.25) is 0 Å². The van der Waals surface area contributed by atoms with Gasteiger partial charge >= 0.3 is 0 Å². The van der Waals surface area contributed by atoms with E-state index in [1.807, 2.05) is 54.6 Å². The summed E-state index contributed by atoms with van der Waals surface area (Å²) in [7, 11) is 0. The van der Waals surface area contributed by atoms with Gasteiger partial charge in [-0.1, -0.05) is 48.5 Å². The van der Waals surface area contributed by atoms with Gasteiger partial charge in [0.25, 0.3) is 5.91 Å². The van der Waals surface area contributed by atoms with Gasteiger partial charge in [0.15, 0.2) is 6.10 Å². The van der Waals surface area contributed by atoms with Crippen molar-refractivity contribution >= 4 is 5.91 Å². The quantitative estimate of drug-likeness (QED) is 0.894. The first-order valence-electron chi connectivity index (χ1n) is 5.79. The molecule has 0 fully saturated rings. The highest BCUT2D eigenvalue weighted by atomic mass is 16.5. The number of amides is 1. The minimum absolute atomic E-state index is 0.474. The lowest BCUT2D eigenvalue weighted by Crippen LogP contribution is -2.30. The van der Waals surface area contributed by atoms with Crippen LogP contribution >= 0.6 is 0 Å². The second-order valence-electron chi connectivity index (χ2n) is 4.02. The molecule has 3 heteroatoms. The summed E-state index contributed by atoms with van der Waals surface area (Å²) in [6.45, 7) is 1.64. The molecule has 1 atom stereocenters. The van der Waals surface area contributed by atoms with Crippen molar-refractivity contribution in [1.29, 1.82) is 0 Å². The van der Waals surface area contributed by atoms with Crippen LogP contribution in [0.3, 0.4) is 0 Å². The summed E-state index contributed by atoms with van der Waals surface area (Å²) in [5.41, 5.74) is 7.20. The number of benzene rings is 2. The molecule has 0 radical (unpaired) electrons. The fourth-order valence-corrected chi connectivity index (χ4v) is 1.67. The number of primary amides is 1. The molecule has 0 heterocycles. The number of nitrogens with two attached hydrogens (primary N) is 1. The van der Waals surface area contributed by atoms with Crippen molar-refractivity contribution in [1.82, 2.24) is 0 Å². The van der Waals surface area contributed by atoms with E-state index in [1.54, 1.807) is 6.92 Å². The lowest BCUT2D eigenvalue weighted by molar-refractivity contribution is -0.123. The molecule has 92 valence electrons. The summed E-state index contributed by atoms with van der Waals surface area (Å²) < 4.78 is 5.59. The summed E-state index contributed by atoms with van der Waals surface area (Å²) in [5, 5.41) is 0. The van der Waals surface area contributed by atoms with Crippen LogP contribution in [0.5, 0.6) is 5.75 Å². The average Bonchev–Trinajstić information content (AvgIpc) is 2.40. The molecule has 0 aliphatic carbocycles. The van der Waals surface area contributed by atoms with Gasteiger partial charge in [-0.05, 0) is 18.6 Å². The van der Waals surface area contributed by atoms with E-state index in [2.05, 4.69) is 0 Å². The monoisotopic (exact) mass is 241 g/mol. The van der Waals surface area contributed by atoms with Gasteiger partial charge in [0, 0.05) is 5.56 Å². The van der Waals surface area contributed by atoms with Crippen LogP contribution in [0.15, 0.2) is 54.6 Å². The van der Waals surface area contributed by atoms with Crippen LogP contribution in [0.4, 0.5) is 0 Å². The van der Waals surface area contributed by atoms with E-state index in [0.29, 0.717) is 5.75 Å². The number of rotatable bonds is 4. The van der Waals surface area contributed by atoms with E-state index in [9.17, 15) is 4.79 Å². The van der Waals surface area contributed by atoms with Crippen molar-refractivity contribution in [2.75, 3.05) is 0 Å². The molecule has 2 N–H and O–H groups in total. The summed E-state index contributed by atoms with van der Waals surface area (Å²) >= 11 is 0. The summed E-state index contributed by atoms with van der Waals surface area (Å²) in [6.07, 6.45) is -0.644. The van der Waals surface area contributed by atoms with E-state index in [-0.39, 0.29) is 0 Å². The molecular weight excluding hydrogens is 226 g/mol. The zero-order valence-corrected chi connectivity index (χ0v) is 10.2. The van der Waals surface area contributed by atoms with Crippen molar-refractivity contribution < 1.29 is 9.53 Å². The van der Waals surface area contributed by atoms with Gasteiger partial charge in [-0.15, -0.1) is 0 Å². The molecule has 0 saturated carbocycles. The maximum absolute atomic E-state index is 11.0. The second kappa shape index (κ2) is 5.36. The van der Waals surface area contributed by atoms with Crippen LogP contribution in [0.25, 0.3) is 11.1 Å². The van der Waals surface area contributed by atoms with Crippen molar-refractivity contribution in [2.24, 2.45) is 5.73 Å². The predicted octanol–water partition coefficient (Wildman–Crippen LogP) is 2.61. The molecule has 2 aromatic carbocycles. The Balaban J connectivity index is 2.35. The Hall–Kier alpha value is -2.29. The number of carbonyl (C=O) groups excluding carboxylic acids is 1. The van der Waals surface area contributed by atoms with Gasteiger partial charge in [-0.2, -0.15) is 0 Å². The maximum atomic E-state index is 11.0. The van der Waals surface area contributed by atoms with Crippen LogP contribution in [-0.2, 0) is 4.79 Å². The Kier molecular flexibility index (Phi) is 3.63. The molecule has 3 nitrogen and oxygen atoms in total. The standard InChI is InChI=1S/C15H15NO2/c1-11(15(16)17)18-14-10-6-5-9-13(14)12-7-3-2-4-8-12/h2-11H,1H3,(H2,16,17)/t11-/m1/s1. The largest absolute Gasteiger partial charge is 0.480 e. The third-order valence-electron chi connectivity index (χ3n) is 2.68. The normalized spacial score (nSPS) is 11.8. The van der Waals surface area contributed by atoms with Crippen LogP contribution in [-0.4, -0.2) is 12.0 Å². The molecule has 0 unspecified atom stereocenters. The van der Waals surface area contributed by atoms with E-state index in [0.717, 1.165) is 11.1 Å². The molecule has 2 aromatic rings. The number of ether oxygens (including phenoxy) is 1. The Morgan fingerprint density at radius 2 is 1.67 bits per heavy atom. The first-order chi connectivity index (χ1) is 8.68. The van der Waals surface area contributed by atoms with Crippen molar-refractivity contribution in [3.63, 3.8) is 0 Å². The summed E-state index contributed by atoms with van der Waals surface area (Å²) in [6, 6.07) is 17.5. The van der Waals surface area contributed by atoms with Crippen LogP contribution in [0, 0.1) is 0 Å². The van der Waals surface area contributed by atoms with Gasteiger partial charge in [0.05, 0.1) is 0 Å². The highest BCUT2D eigenvalue weighted by Crippen LogP contribution is 2.30. The molecule has 0 aromatic heterocycles. The van der Waals surface area contributed by atoms with Crippen molar-refractivity contribution in [2.45, 2.75) is 13.0 Å². The molecule has 0 spiro atoms. The van der Waals surface area contributed by atoms with Gasteiger partial charge in [-0.25, -0.2) is 0 Å². The third-order valence-corrected chi connectivity index (χ3v) is 2.68. The van der Waals surface area contributed by atoms with Crippen molar-refractivity contribution in [3.05, 3.63) is 54.6 Å². The number of para-hydroxylation sites is 1. The van der Waals surface area contributed by atoms with Gasteiger partial charge < -0.3 is 10.5 Å². The van der Waals surface area contributed by atoms with E-state index in [4.69, 9.17) is 10.5 Å². The number of hydrogen-bond donors (Lipinski definition) is 1. The van der Waals surface area contributed by atoms with Crippen LogP contribution < -0.4 is 10.5 Å². The lowest BCUT2D eigenvalue weighted by atomic mass is 10.0. The Morgan fingerprint density at radius 3 is 2.33 bits per heavy atom. The fourth-order valence-electron chi connectivity index (χ4n) is 1.67. The molecule has 18 heavy (non-hydrogen) atoms.